The van der Waals surface area contributed by atoms with E-state index in [1.165, 1.54) is 27.6 Å². The molecule has 10 aromatic rings. The Kier molecular flexibility index (Phi) is 6.81. The van der Waals surface area contributed by atoms with Crippen LogP contribution in [0, 0.1) is 0 Å². The molecule has 0 N–H and O–H groups in total. The van der Waals surface area contributed by atoms with E-state index in [1.807, 2.05) is 0 Å². The van der Waals surface area contributed by atoms with Crippen molar-refractivity contribution in [3.8, 4) is 27.9 Å². The molecular weight excluding hydrogens is 621 g/mol. The number of hydrogen-bond donors (Lipinski definition) is 0. The fraction of sp³-hybridized carbons (Fsp3) is 0. The molecule has 0 radical (unpaired) electrons. The van der Waals surface area contributed by atoms with E-state index in [-0.39, 0.29) is 0 Å². The van der Waals surface area contributed by atoms with Crippen LogP contribution in [0.25, 0.3) is 71.7 Å². The Morgan fingerprint density at radius 1 is 0.373 bits per heavy atom. The molecule has 0 saturated carbocycles. The minimum atomic E-state index is 0.860. The molecule has 10 rings (SSSR count). The van der Waals surface area contributed by atoms with Gasteiger partial charge in [-0.1, -0.05) is 127 Å². The highest BCUT2D eigenvalue weighted by atomic mass is 16.3. The van der Waals surface area contributed by atoms with Gasteiger partial charge in [-0.25, -0.2) is 0 Å². The SMILES string of the molecule is c1ccc(-c2ccc(N(c3ccc(-c4ccccc4)cc3)c3cccc4oc5c(ccc6c5c5ccccc5n6-c5ccccc5)c34)cc2)cc1. The zero-order chi connectivity index (χ0) is 33.7. The Labute approximate surface area is 295 Å². The molecular formula is C48H32N2O. The van der Waals surface area contributed by atoms with Gasteiger partial charge in [-0.15, -0.1) is 0 Å². The topological polar surface area (TPSA) is 21.3 Å². The Bertz CT molecular complexity index is 2730. The summed E-state index contributed by atoms with van der Waals surface area (Å²) in [6.07, 6.45) is 0. The van der Waals surface area contributed by atoms with E-state index in [2.05, 4.69) is 204 Å². The van der Waals surface area contributed by atoms with Crippen molar-refractivity contribution in [2.75, 3.05) is 4.90 Å². The van der Waals surface area contributed by atoms with Crippen molar-refractivity contribution < 1.29 is 4.42 Å². The maximum Gasteiger partial charge on any atom is 0.145 e. The Morgan fingerprint density at radius 3 is 1.55 bits per heavy atom. The number of benzene rings is 8. The summed E-state index contributed by atoms with van der Waals surface area (Å²) in [7, 11) is 0. The molecule has 240 valence electrons. The van der Waals surface area contributed by atoms with E-state index in [4.69, 9.17) is 4.42 Å². The minimum absolute atomic E-state index is 0.860. The lowest BCUT2D eigenvalue weighted by molar-refractivity contribution is 0.673. The molecule has 0 unspecified atom stereocenters. The monoisotopic (exact) mass is 652 g/mol. The zero-order valence-electron chi connectivity index (χ0n) is 27.8. The summed E-state index contributed by atoms with van der Waals surface area (Å²) in [6.45, 7) is 0. The first-order valence-electron chi connectivity index (χ1n) is 17.4. The van der Waals surface area contributed by atoms with Crippen molar-refractivity contribution in [2.24, 2.45) is 0 Å². The van der Waals surface area contributed by atoms with E-state index < -0.39 is 0 Å². The van der Waals surface area contributed by atoms with Crippen LogP contribution in [0.4, 0.5) is 17.1 Å². The predicted molar refractivity (Wildman–Crippen MR) is 214 cm³/mol. The average Bonchev–Trinajstić information content (AvgIpc) is 3.76. The molecule has 2 heterocycles. The third-order valence-corrected chi connectivity index (χ3v) is 10.00. The van der Waals surface area contributed by atoms with Crippen LogP contribution in [0.3, 0.4) is 0 Å². The summed E-state index contributed by atoms with van der Waals surface area (Å²) in [5.74, 6) is 0. The number of furan rings is 1. The van der Waals surface area contributed by atoms with Crippen LogP contribution >= 0.6 is 0 Å². The molecule has 0 amide bonds. The second kappa shape index (κ2) is 11.9. The van der Waals surface area contributed by atoms with E-state index in [0.29, 0.717) is 0 Å². The van der Waals surface area contributed by atoms with Gasteiger partial charge in [0.2, 0.25) is 0 Å². The molecule has 0 bridgehead atoms. The molecule has 8 aromatic carbocycles. The minimum Gasteiger partial charge on any atom is -0.455 e. The molecule has 0 aliphatic carbocycles. The van der Waals surface area contributed by atoms with Gasteiger partial charge in [0.15, 0.2) is 0 Å². The highest BCUT2D eigenvalue weighted by Gasteiger charge is 2.23. The number of hydrogen-bond acceptors (Lipinski definition) is 2. The highest BCUT2D eigenvalue weighted by molar-refractivity contribution is 6.26. The van der Waals surface area contributed by atoms with Crippen LogP contribution < -0.4 is 4.90 Å². The first-order chi connectivity index (χ1) is 25.3. The summed E-state index contributed by atoms with van der Waals surface area (Å²) >= 11 is 0. The lowest BCUT2D eigenvalue weighted by atomic mass is 10.0. The van der Waals surface area contributed by atoms with Crippen molar-refractivity contribution in [1.82, 2.24) is 4.57 Å². The highest BCUT2D eigenvalue weighted by Crippen LogP contribution is 2.46. The van der Waals surface area contributed by atoms with Gasteiger partial charge >= 0.3 is 0 Å². The van der Waals surface area contributed by atoms with Gasteiger partial charge in [0.05, 0.1) is 27.5 Å². The molecule has 51 heavy (non-hydrogen) atoms. The molecule has 0 aliphatic rings. The van der Waals surface area contributed by atoms with Crippen LogP contribution in [0.1, 0.15) is 0 Å². The number of anilines is 3. The van der Waals surface area contributed by atoms with Gasteiger partial charge in [0.25, 0.3) is 0 Å². The van der Waals surface area contributed by atoms with Crippen LogP contribution in [0.15, 0.2) is 199 Å². The number of aromatic nitrogens is 1. The molecule has 2 aromatic heterocycles. The second-order valence-corrected chi connectivity index (χ2v) is 12.9. The normalized spacial score (nSPS) is 11.5. The third-order valence-electron chi connectivity index (χ3n) is 10.00. The van der Waals surface area contributed by atoms with Gasteiger partial charge in [-0.2, -0.15) is 0 Å². The second-order valence-electron chi connectivity index (χ2n) is 12.9. The van der Waals surface area contributed by atoms with Gasteiger partial charge in [-0.05, 0) is 89.0 Å². The standard InChI is InChI=1S/C48H32N2O/c1-4-13-33(14-5-1)35-23-27-38(28-24-35)49(39-29-25-36(26-30-39)34-15-6-2-7-16-34)43-21-12-22-45-46(43)41-31-32-44-47(48(41)51-45)40-19-10-11-20-42(40)50(44)37-17-8-3-9-18-37/h1-32H. The van der Waals surface area contributed by atoms with E-state index in [9.17, 15) is 0 Å². The molecule has 0 atom stereocenters. The molecule has 0 spiro atoms. The van der Waals surface area contributed by atoms with Crippen molar-refractivity contribution in [3.63, 3.8) is 0 Å². The number of rotatable bonds is 6. The Hall–Kier alpha value is -6.84. The Morgan fingerprint density at radius 2 is 0.922 bits per heavy atom. The molecule has 0 saturated heterocycles. The first kappa shape index (κ1) is 29.1. The third kappa shape index (κ3) is 4.82. The van der Waals surface area contributed by atoms with Gasteiger partial charge < -0.3 is 13.9 Å². The molecule has 0 aliphatic heterocycles. The average molecular weight is 653 g/mol. The van der Waals surface area contributed by atoms with Crippen LogP contribution in [0.2, 0.25) is 0 Å². The summed E-state index contributed by atoms with van der Waals surface area (Å²) in [5.41, 5.74) is 13.2. The number of para-hydroxylation sites is 2. The maximum atomic E-state index is 6.90. The van der Waals surface area contributed by atoms with Gasteiger partial charge in [0, 0.05) is 27.8 Å². The van der Waals surface area contributed by atoms with Gasteiger partial charge in [-0.3, -0.25) is 0 Å². The van der Waals surface area contributed by atoms with E-state index in [0.717, 1.165) is 61.1 Å². The lowest BCUT2D eigenvalue weighted by Gasteiger charge is -2.26. The Balaban J connectivity index is 1.20. The first-order valence-corrected chi connectivity index (χ1v) is 17.4. The molecule has 3 nitrogen and oxygen atoms in total. The fourth-order valence-electron chi connectivity index (χ4n) is 7.65. The molecule has 0 fully saturated rings. The van der Waals surface area contributed by atoms with Crippen molar-refractivity contribution in [1.29, 1.82) is 0 Å². The van der Waals surface area contributed by atoms with Crippen molar-refractivity contribution >= 4 is 60.8 Å². The van der Waals surface area contributed by atoms with Crippen molar-refractivity contribution in [2.45, 2.75) is 0 Å². The maximum absolute atomic E-state index is 6.90. The molecule has 3 heteroatoms. The van der Waals surface area contributed by atoms with Crippen LogP contribution in [-0.4, -0.2) is 4.57 Å². The predicted octanol–water partition coefficient (Wildman–Crippen LogP) is 13.5. The largest absolute Gasteiger partial charge is 0.455 e. The van der Waals surface area contributed by atoms with Crippen LogP contribution in [0.5, 0.6) is 0 Å². The number of fused-ring (bicyclic) bond motifs is 7. The van der Waals surface area contributed by atoms with Crippen molar-refractivity contribution in [3.05, 3.63) is 194 Å². The summed E-state index contributed by atoms with van der Waals surface area (Å²) in [4.78, 5) is 2.36. The number of nitrogens with zero attached hydrogens (tertiary/aromatic N) is 2. The van der Waals surface area contributed by atoms with Gasteiger partial charge in [0.1, 0.15) is 11.2 Å². The summed E-state index contributed by atoms with van der Waals surface area (Å²) in [6, 6.07) is 68.9. The van der Waals surface area contributed by atoms with Crippen LogP contribution in [-0.2, 0) is 0 Å². The van der Waals surface area contributed by atoms with E-state index >= 15 is 0 Å². The zero-order valence-corrected chi connectivity index (χ0v) is 27.8. The smallest absolute Gasteiger partial charge is 0.145 e. The van der Waals surface area contributed by atoms with E-state index in [1.54, 1.807) is 0 Å². The lowest BCUT2D eigenvalue weighted by Crippen LogP contribution is -2.10. The summed E-state index contributed by atoms with van der Waals surface area (Å²) < 4.78 is 9.24. The quantitative estimate of drug-likeness (QED) is 0.178. The summed E-state index contributed by atoms with van der Waals surface area (Å²) in [5, 5.41) is 4.48. The fourth-order valence-corrected chi connectivity index (χ4v) is 7.65.